The van der Waals surface area contributed by atoms with Crippen molar-refractivity contribution in [1.82, 2.24) is 10.6 Å². The van der Waals surface area contributed by atoms with Crippen molar-refractivity contribution in [3.63, 3.8) is 0 Å². The zero-order chi connectivity index (χ0) is 16.0. The lowest BCUT2D eigenvalue weighted by molar-refractivity contribution is 0.155. The molecule has 0 fully saturated rings. The van der Waals surface area contributed by atoms with Crippen LogP contribution in [0.15, 0.2) is 29.3 Å². The Hall–Kier alpha value is -1.22. The molecule has 2 N–H and O–H groups in total. The zero-order valence-electron chi connectivity index (χ0n) is 14.1. The molecule has 0 aromatic heterocycles. The van der Waals surface area contributed by atoms with E-state index in [2.05, 4.69) is 15.6 Å². The second-order valence-electron chi connectivity index (χ2n) is 4.41. The van der Waals surface area contributed by atoms with Crippen molar-refractivity contribution in [2.24, 2.45) is 4.99 Å². The van der Waals surface area contributed by atoms with Gasteiger partial charge < -0.3 is 24.8 Å². The molecule has 23 heavy (non-hydrogen) atoms. The van der Waals surface area contributed by atoms with E-state index in [-0.39, 0.29) is 24.0 Å². The number of hydrogen-bond acceptors (Lipinski definition) is 4. The van der Waals surface area contributed by atoms with Gasteiger partial charge in [-0.15, -0.1) is 24.0 Å². The first-order valence-electron chi connectivity index (χ1n) is 7.67. The Kier molecular flexibility index (Phi) is 13.6. The van der Waals surface area contributed by atoms with Gasteiger partial charge in [0, 0.05) is 13.2 Å². The standard InChI is InChI=1S/C16H27N3O3.HI/c1-4-17-16(18-10-12-21-5-2)19-11-13-22-15-8-6-14(20-3)7-9-15;/h6-9H,4-5,10-13H2,1-3H3,(H2,17,18,19);1H. The van der Waals surface area contributed by atoms with Gasteiger partial charge in [-0.3, -0.25) is 4.99 Å². The lowest BCUT2D eigenvalue weighted by Gasteiger charge is -2.12. The molecule has 0 heterocycles. The van der Waals surface area contributed by atoms with Crippen LogP contribution in [0.4, 0.5) is 0 Å². The van der Waals surface area contributed by atoms with E-state index in [0.29, 0.717) is 26.3 Å². The van der Waals surface area contributed by atoms with Crippen LogP contribution >= 0.6 is 24.0 Å². The largest absolute Gasteiger partial charge is 0.497 e. The van der Waals surface area contributed by atoms with Crippen molar-refractivity contribution >= 4 is 29.9 Å². The van der Waals surface area contributed by atoms with Crippen molar-refractivity contribution in [1.29, 1.82) is 0 Å². The summed E-state index contributed by atoms with van der Waals surface area (Å²) in [5.41, 5.74) is 0. The Balaban J connectivity index is 0.00000484. The van der Waals surface area contributed by atoms with Crippen molar-refractivity contribution in [2.45, 2.75) is 13.8 Å². The average Bonchev–Trinajstić information content (AvgIpc) is 2.56. The first-order chi connectivity index (χ1) is 10.8. The summed E-state index contributed by atoms with van der Waals surface area (Å²) in [5, 5.41) is 6.41. The van der Waals surface area contributed by atoms with Crippen molar-refractivity contribution in [2.75, 3.05) is 46.6 Å². The zero-order valence-corrected chi connectivity index (χ0v) is 16.5. The SMILES string of the molecule is CCNC(=NCCOCC)NCCOc1ccc(OC)cc1.I. The summed E-state index contributed by atoms with van der Waals surface area (Å²) in [4.78, 5) is 4.42. The minimum Gasteiger partial charge on any atom is -0.497 e. The number of aliphatic imine (C=N–C) groups is 1. The number of methoxy groups -OCH3 is 1. The van der Waals surface area contributed by atoms with E-state index in [1.807, 2.05) is 38.1 Å². The van der Waals surface area contributed by atoms with E-state index in [9.17, 15) is 0 Å². The van der Waals surface area contributed by atoms with Crippen LogP contribution in [-0.2, 0) is 4.74 Å². The van der Waals surface area contributed by atoms with E-state index in [0.717, 1.165) is 30.6 Å². The number of nitrogens with zero attached hydrogens (tertiary/aromatic N) is 1. The average molecular weight is 437 g/mol. The molecule has 0 spiro atoms. The van der Waals surface area contributed by atoms with E-state index in [1.54, 1.807) is 7.11 Å². The smallest absolute Gasteiger partial charge is 0.191 e. The fourth-order valence-electron chi connectivity index (χ4n) is 1.72. The van der Waals surface area contributed by atoms with Crippen LogP contribution in [0.3, 0.4) is 0 Å². The fraction of sp³-hybridized carbons (Fsp3) is 0.562. The van der Waals surface area contributed by atoms with Crippen LogP contribution < -0.4 is 20.1 Å². The molecule has 0 atom stereocenters. The first kappa shape index (κ1) is 21.8. The normalized spacial score (nSPS) is 10.7. The highest BCUT2D eigenvalue weighted by molar-refractivity contribution is 14.0. The number of benzene rings is 1. The Labute approximate surface area is 156 Å². The van der Waals surface area contributed by atoms with Gasteiger partial charge in [-0.2, -0.15) is 0 Å². The summed E-state index contributed by atoms with van der Waals surface area (Å²) >= 11 is 0. The first-order valence-corrected chi connectivity index (χ1v) is 7.67. The van der Waals surface area contributed by atoms with Gasteiger partial charge >= 0.3 is 0 Å². The highest BCUT2D eigenvalue weighted by Crippen LogP contribution is 2.16. The van der Waals surface area contributed by atoms with Crippen LogP contribution in [0.1, 0.15) is 13.8 Å². The third-order valence-corrected chi connectivity index (χ3v) is 2.78. The molecule has 0 radical (unpaired) electrons. The van der Waals surface area contributed by atoms with E-state index >= 15 is 0 Å². The van der Waals surface area contributed by atoms with Crippen molar-refractivity contribution in [3.05, 3.63) is 24.3 Å². The molecule has 1 aromatic rings. The second kappa shape index (κ2) is 14.4. The van der Waals surface area contributed by atoms with Gasteiger partial charge in [0.1, 0.15) is 18.1 Å². The molecule has 132 valence electrons. The summed E-state index contributed by atoms with van der Waals surface area (Å²) in [6.45, 7) is 8.05. The second-order valence-corrected chi connectivity index (χ2v) is 4.41. The molecular weight excluding hydrogens is 409 g/mol. The minimum absolute atomic E-state index is 0. The number of hydrogen-bond donors (Lipinski definition) is 2. The third kappa shape index (κ3) is 10.2. The van der Waals surface area contributed by atoms with Gasteiger partial charge in [0.25, 0.3) is 0 Å². The maximum absolute atomic E-state index is 5.65. The number of nitrogens with one attached hydrogen (secondary N) is 2. The molecule has 6 nitrogen and oxygen atoms in total. The van der Waals surface area contributed by atoms with Crippen LogP contribution in [0.2, 0.25) is 0 Å². The third-order valence-electron chi connectivity index (χ3n) is 2.78. The molecule has 1 aromatic carbocycles. The van der Waals surface area contributed by atoms with Gasteiger partial charge in [-0.25, -0.2) is 0 Å². The molecule has 0 aliphatic rings. The quantitative estimate of drug-likeness (QED) is 0.255. The topological polar surface area (TPSA) is 64.1 Å². The van der Waals surface area contributed by atoms with Crippen LogP contribution in [0.5, 0.6) is 11.5 Å². The Morgan fingerprint density at radius 2 is 1.74 bits per heavy atom. The van der Waals surface area contributed by atoms with Gasteiger partial charge in [0.15, 0.2) is 5.96 Å². The summed E-state index contributed by atoms with van der Waals surface area (Å²) in [6, 6.07) is 7.53. The maximum Gasteiger partial charge on any atom is 0.191 e. The monoisotopic (exact) mass is 437 g/mol. The predicted molar refractivity (Wildman–Crippen MR) is 104 cm³/mol. The summed E-state index contributed by atoms with van der Waals surface area (Å²) in [7, 11) is 1.65. The van der Waals surface area contributed by atoms with Crippen LogP contribution in [0, 0.1) is 0 Å². The molecule has 1 rings (SSSR count). The minimum atomic E-state index is 0. The summed E-state index contributed by atoms with van der Waals surface area (Å²) in [5.74, 6) is 2.42. The fourth-order valence-corrected chi connectivity index (χ4v) is 1.72. The molecule has 0 saturated heterocycles. The van der Waals surface area contributed by atoms with Gasteiger partial charge in [0.2, 0.25) is 0 Å². The number of rotatable bonds is 10. The van der Waals surface area contributed by atoms with Gasteiger partial charge in [-0.05, 0) is 38.1 Å². The Morgan fingerprint density at radius 1 is 1.04 bits per heavy atom. The van der Waals surface area contributed by atoms with Gasteiger partial charge in [0.05, 0.1) is 26.8 Å². The highest BCUT2D eigenvalue weighted by atomic mass is 127. The van der Waals surface area contributed by atoms with Crippen molar-refractivity contribution < 1.29 is 14.2 Å². The summed E-state index contributed by atoms with van der Waals surface area (Å²) in [6.07, 6.45) is 0. The van der Waals surface area contributed by atoms with E-state index < -0.39 is 0 Å². The molecular formula is C16H28IN3O3. The molecule has 0 aliphatic heterocycles. The lowest BCUT2D eigenvalue weighted by atomic mass is 10.3. The molecule has 0 aliphatic carbocycles. The maximum atomic E-state index is 5.65. The van der Waals surface area contributed by atoms with Gasteiger partial charge in [-0.1, -0.05) is 0 Å². The lowest BCUT2D eigenvalue weighted by Crippen LogP contribution is -2.39. The Morgan fingerprint density at radius 3 is 2.35 bits per heavy atom. The molecule has 0 unspecified atom stereocenters. The molecule has 7 heteroatoms. The predicted octanol–water partition coefficient (Wildman–Crippen LogP) is 2.28. The number of guanidine groups is 1. The van der Waals surface area contributed by atoms with Crippen LogP contribution in [-0.4, -0.2) is 52.5 Å². The number of halogens is 1. The van der Waals surface area contributed by atoms with E-state index in [1.165, 1.54) is 0 Å². The van der Waals surface area contributed by atoms with Crippen LogP contribution in [0.25, 0.3) is 0 Å². The number of ether oxygens (including phenoxy) is 3. The molecule has 0 saturated carbocycles. The summed E-state index contributed by atoms with van der Waals surface area (Å²) < 4.78 is 16.0. The van der Waals surface area contributed by atoms with E-state index in [4.69, 9.17) is 14.2 Å². The highest BCUT2D eigenvalue weighted by Gasteiger charge is 1.98. The molecule has 0 amide bonds. The Bertz CT molecular complexity index is 427. The molecule has 0 bridgehead atoms. The van der Waals surface area contributed by atoms with Crippen molar-refractivity contribution in [3.8, 4) is 11.5 Å².